The molecule has 5 nitrogen and oxygen atoms in total. The minimum Gasteiger partial charge on any atom is -0.422 e. The Hall–Kier alpha value is -2.92. The first-order chi connectivity index (χ1) is 12.7. The first-order valence-corrected chi connectivity index (χ1v) is 8.73. The summed E-state index contributed by atoms with van der Waals surface area (Å²) in [5.41, 5.74) is 1.85. The van der Waals surface area contributed by atoms with E-state index in [1.165, 1.54) is 0 Å². The van der Waals surface area contributed by atoms with Crippen LogP contribution in [0.4, 0.5) is 0 Å². The van der Waals surface area contributed by atoms with E-state index in [0.717, 1.165) is 11.8 Å². The first kappa shape index (κ1) is 16.5. The quantitative estimate of drug-likeness (QED) is 0.666. The van der Waals surface area contributed by atoms with Crippen molar-refractivity contribution in [3.8, 4) is 11.1 Å². The van der Waals surface area contributed by atoms with Crippen LogP contribution in [-0.4, -0.2) is 37.1 Å². The minimum atomic E-state index is -0.406. The summed E-state index contributed by atoms with van der Waals surface area (Å²) < 4.78 is 10.8. The van der Waals surface area contributed by atoms with Gasteiger partial charge in [0.15, 0.2) is 0 Å². The molecule has 1 aromatic heterocycles. The van der Waals surface area contributed by atoms with Crippen LogP contribution < -0.4 is 5.63 Å². The van der Waals surface area contributed by atoms with Crippen molar-refractivity contribution in [3.05, 3.63) is 70.6 Å². The molecule has 3 aromatic rings. The smallest absolute Gasteiger partial charge is 0.344 e. The second-order valence-electron chi connectivity index (χ2n) is 6.32. The number of rotatable bonds is 2. The van der Waals surface area contributed by atoms with E-state index in [1.807, 2.05) is 30.3 Å². The van der Waals surface area contributed by atoms with Crippen LogP contribution in [-0.2, 0) is 4.74 Å². The van der Waals surface area contributed by atoms with Gasteiger partial charge in [-0.05, 0) is 36.2 Å². The van der Waals surface area contributed by atoms with Gasteiger partial charge in [0, 0.05) is 30.6 Å². The van der Waals surface area contributed by atoms with Gasteiger partial charge in [0.25, 0.3) is 5.91 Å². The molecule has 2 heterocycles. The molecule has 0 N–H and O–H groups in total. The molecule has 0 atom stereocenters. The van der Waals surface area contributed by atoms with E-state index in [0.29, 0.717) is 48.6 Å². The first-order valence-electron chi connectivity index (χ1n) is 8.73. The van der Waals surface area contributed by atoms with E-state index in [1.54, 1.807) is 29.2 Å². The summed E-state index contributed by atoms with van der Waals surface area (Å²) >= 11 is 0. The number of para-hydroxylation sites is 1. The minimum absolute atomic E-state index is 0.0393. The van der Waals surface area contributed by atoms with E-state index < -0.39 is 5.63 Å². The second-order valence-corrected chi connectivity index (χ2v) is 6.32. The molecule has 0 saturated carbocycles. The number of fused-ring (bicyclic) bond motifs is 1. The van der Waals surface area contributed by atoms with Crippen molar-refractivity contribution in [3.63, 3.8) is 0 Å². The van der Waals surface area contributed by atoms with Crippen LogP contribution in [0.2, 0.25) is 0 Å². The number of carbonyl (C=O) groups is 1. The maximum absolute atomic E-state index is 12.8. The van der Waals surface area contributed by atoms with Gasteiger partial charge in [0.1, 0.15) is 5.58 Å². The topological polar surface area (TPSA) is 59.8 Å². The third kappa shape index (κ3) is 3.26. The summed E-state index contributed by atoms with van der Waals surface area (Å²) in [4.78, 5) is 27.0. The van der Waals surface area contributed by atoms with Crippen molar-refractivity contribution >= 4 is 16.9 Å². The molecule has 0 radical (unpaired) electrons. The zero-order valence-electron chi connectivity index (χ0n) is 14.3. The number of carbonyl (C=O) groups excluding carboxylic acids is 1. The Morgan fingerprint density at radius 2 is 1.85 bits per heavy atom. The molecule has 1 aliphatic rings. The molecule has 1 saturated heterocycles. The van der Waals surface area contributed by atoms with Crippen molar-refractivity contribution in [2.45, 2.75) is 6.42 Å². The van der Waals surface area contributed by atoms with Crippen molar-refractivity contribution < 1.29 is 13.9 Å². The van der Waals surface area contributed by atoms with Gasteiger partial charge in [-0.2, -0.15) is 0 Å². The summed E-state index contributed by atoms with van der Waals surface area (Å²) in [5, 5.41) is 0.850. The number of nitrogens with zero attached hydrogens (tertiary/aromatic N) is 1. The van der Waals surface area contributed by atoms with Crippen molar-refractivity contribution in [1.29, 1.82) is 0 Å². The average Bonchev–Trinajstić information content (AvgIpc) is 2.96. The molecular formula is C21H19NO4. The summed E-state index contributed by atoms with van der Waals surface area (Å²) in [6.45, 7) is 2.50. The van der Waals surface area contributed by atoms with E-state index in [-0.39, 0.29) is 5.91 Å². The van der Waals surface area contributed by atoms with Gasteiger partial charge >= 0.3 is 5.63 Å². The Bertz CT molecular complexity index is 1000. The standard InChI is InChI=1S/C21H19NO4/c23-20(22-9-4-11-25-12-10-22)17-7-3-6-15(13-17)18-14-16-5-1-2-8-19(16)26-21(18)24/h1-3,5-8,13-14H,4,9-12H2. The van der Waals surface area contributed by atoms with Gasteiger partial charge in [-0.1, -0.05) is 30.3 Å². The lowest BCUT2D eigenvalue weighted by Gasteiger charge is -2.19. The van der Waals surface area contributed by atoms with Crippen molar-refractivity contribution in [2.75, 3.05) is 26.3 Å². The normalized spacial score (nSPS) is 15.0. The molecule has 0 aliphatic carbocycles. The Kier molecular flexibility index (Phi) is 4.54. The zero-order valence-corrected chi connectivity index (χ0v) is 14.3. The monoisotopic (exact) mass is 349 g/mol. The lowest BCUT2D eigenvalue weighted by atomic mass is 10.0. The molecule has 1 amide bonds. The molecule has 1 aliphatic heterocycles. The van der Waals surface area contributed by atoms with Crippen LogP contribution >= 0.6 is 0 Å². The van der Waals surface area contributed by atoms with E-state index in [2.05, 4.69) is 0 Å². The zero-order chi connectivity index (χ0) is 17.9. The maximum Gasteiger partial charge on any atom is 0.344 e. The fraction of sp³-hybridized carbons (Fsp3) is 0.238. The van der Waals surface area contributed by atoms with Gasteiger partial charge in [0.05, 0.1) is 12.2 Å². The Morgan fingerprint density at radius 3 is 2.77 bits per heavy atom. The predicted molar refractivity (Wildman–Crippen MR) is 99.3 cm³/mol. The van der Waals surface area contributed by atoms with Crippen LogP contribution in [0, 0.1) is 0 Å². The highest BCUT2D eigenvalue weighted by atomic mass is 16.5. The highest BCUT2D eigenvalue weighted by Crippen LogP contribution is 2.22. The lowest BCUT2D eigenvalue weighted by Crippen LogP contribution is -2.33. The molecule has 1 fully saturated rings. The van der Waals surface area contributed by atoms with Crippen LogP contribution in [0.25, 0.3) is 22.1 Å². The molecule has 0 bridgehead atoms. The molecular weight excluding hydrogens is 330 g/mol. The Labute approximate surface area is 150 Å². The van der Waals surface area contributed by atoms with Gasteiger partial charge in [-0.3, -0.25) is 4.79 Å². The highest BCUT2D eigenvalue weighted by Gasteiger charge is 2.18. The summed E-state index contributed by atoms with van der Waals surface area (Å²) in [7, 11) is 0. The lowest BCUT2D eigenvalue weighted by molar-refractivity contribution is 0.0741. The van der Waals surface area contributed by atoms with Crippen molar-refractivity contribution in [1.82, 2.24) is 4.90 Å². The fourth-order valence-electron chi connectivity index (χ4n) is 3.21. The summed E-state index contributed by atoms with van der Waals surface area (Å²) in [6.07, 6.45) is 0.833. The molecule has 2 aromatic carbocycles. The van der Waals surface area contributed by atoms with Gasteiger partial charge < -0.3 is 14.1 Å². The van der Waals surface area contributed by atoms with Crippen molar-refractivity contribution in [2.24, 2.45) is 0 Å². The maximum atomic E-state index is 12.8. The second kappa shape index (κ2) is 7.14. The number of benzene rings is 2. The SMILES string of the molecule is O=C(c1cccc(-c2cc3ccccc3oc2=O)c1)N1CCCOCC1. The van der Waals surface area contributed by atoms with Crippen LogP contribution in [0.3, 0.4) is 0 Å². The number of ether oxygens (including phenoxy) is 1. The van der Waals surface area contributed by atoms with E-state index >= 15 is 0 Å². The van der Waals surface area contributed by atoms with Gasteiger partial charge in [-0.25, -0.2) is 4.79 Å². The van der Waals surface area contributed by atoms with Gasteiger partial charge in [0.2, 0.25) is 0 Å². The van der Waals surface area contributed by atoms with E-state index in [9.17, 15) is 9.59 Å². The fourth-order valence-corrected chi connectivity index (χ4v) is 3.21. The van der Waals surface area contributed by atoms with Crippen LogP contribution in [0.15, 0.2) is 63.8 Å². The van der Waals surface area contributed by atoms with E-state index in [4.69, 9.17) is 9.15 Å². The molecule has 0 spiro atoms. The molecule has 4 rings (SSSR count). The van der Waals surface area contributed by atoms with Crippen LogP contribution in [0.5, 0.6) is 0 Å². The predicted octanol–water partition coefficient (Wildman–Crippen LogP) is 3.32. The molecule has 5 heteroatoms. The molecule has 26 heavy (non-hydrogen) atoms. The Balaban J connectivity index is 1.70. The number of hydrogen-bond acceptors (Lipinski definition) is 4. The summed E-state index contributed by atoms with van der Waals surface area (Å²) in [6, 6.07) is 16.4. The largest absolute Gasteiger partial charge is 0.422 e. The molecule has 0 unspecified atom stereocenters. The Morgan fingerprint density at radius 1 is 0.962 bits per heavy atom. The number of amides is 1. The van der Waals surface area contributed by atoms with Crippen LogP contribution in [0.1, 0.15) is 16.8 Å². The van der Waals surface area contributed by atoms with Gasteiger partial charge in [-0.15, -0.1) is 0 Å². The summed E-state index contributed by atoms with van der Waals surface area (Å²) in [5.74, 6) is -0.0393. The average molecular weight is 349 g/mol. The number of hydrogen-bond donors (Lipinski definition) is 0. The third-order valence-corrected chi connectivity index (χ3v) is 4.57. The third-order valence-electron chi connectivity index (χ3n) is 4.57. The molecule has 132 valence electrons. The highest BCUT2D eigenvalue weighted by molar-refractivity contribution is 5.95.